The van der Waals surface area contributed by atoms with E-state index in [2.05, 4.69) is 14.5 Å². The lowest BCUT2D eigenvalue weighted by Gasteiger charge is -2.07. The van der Waals surface area contributed by atoms with Crippen LogP contribution in [0.1, 0.15) is 5.56 Å². The third-order valence-electron chi connectivity index (χ3n) is 2.94. The van der Waals surface area contributed by atoms with Gasteiger partial charge >= 0.3 is 0 Å². The molecule has 19 heavy (non-hydrogen) atoms. The van der Waals surface area contributed by atoms with Gasteiger partial charge in [-0.1, -0.05) is 18.2 Å². The maximum Gasteiger partial charge on any atom is 0.158 e. The Morgan fingerprint density at radius 2 is 1.79 bits per heavy atom. The molecule has 0 saturated heterocycles. The van der Waals surface area contributed by atoms with Crippen molar-refractivity contribution in [3.8, 4) is 11.5 Å². The number of pyridine rings is 1. The largest absolute Gasteiger partial charge is 0.399 e. The van der Waals surface area contributed by atoms with Gasteiger partial charge in [0.25, 0.3) is 0 Å². The van der Waals surface area contributed by atoms with Gasteiger partial charge < -0.3 is 10.3 Å². The summed E-state index contributed by atoms with van der Waals surface area (Å²) >= 11 is 0. The first-order valence-electron chi connectivity index (χ1n) is 6.10. The van der Waals surface area contributed by atoms with Crippen LogP contribution < -0.4 is 5.73 Å². The fraction of sp³-hybridized carbons (Fsp3) is 0.0667. The SMILES string of the molecule is Nc1ccc(Cn2ccnc2-c2ccccn2)cc1. The van der Waals surface area contributed by atoms with Crippen molar-refractivity contribution in [3.05, 3.63) is 66.6 Å². The van der Waals surface area contributed by atoms with E-state index >= 15 is 0 Å². The first-order valence-corrected chi connectivity index (χ1v) is 6.10. The summed E-state index contributed by atoms with van der Waals surface area (Å²) in [5.74, 6) is 0.873. The minimum atomic E-state index is 0.756. The minimum Gasteiger partial charge on any atom is -0.399 e. The van der Waals surface area contributed by atoms with E-state index in [1.807, 2.05) is 48.7 Å². The summed E-state index contributed by atoms with van der Waals surface area (Å²) in [4.78, 5) is 8.71. The van der Waals surface area contributed by atoms with Crippen LogP contribution >= 0.6 is 0 Å². The van der Waals surface area contributed by atoms with Crippen LogP contribution in [-0.2, 0) is 6.54 Å². The van der Waals surface area contributed by atoms with Crippen molar-refractivity contribution in [1.82, 2.24) is 14.5 Å². The average Bonchev–Trinajstić information content (AvgIpc) is 2.90. The quantitative estimate of drug-likeness (QED) is 0.727. The Bertz CT molecular complexity index is 656. The predicted octanol–water partition coefficient (Wildman–Crippen LogP) is 2.58. The van der Waals surface area contributed by atoms with Gasteiger partial charge in [0.05, 0.1) is 0 Å². The zero-order chi connectivity index (χ0) is 13.1. The monoisotopic (exact) mass is 250 g/mol. The van der Waals surface area contributed by atoms with Crippen molar-refractivity contribution in [1.29, 1.82) is 0 Å². The van der Waals surface area contributed by atoms with Gasteiger partial charge in [0.2, 0.25) is 0 Å². The molecule has 2 heterocycles. The molecule has 0 spiro atoms. The first kappa shape index (κ1) is 11.5. The van der Waals surface area contributed by atoms with Crippen LogP contribution in [0.15, 0.2) is 61.1 Å². The lowest BCUT2D eigenvalue weighted by atomic mass is 10.2. The molecule has 94 valence electrons. The molecule has 0 aliphatic carbocycles. The fourth-order valence-electron chi connectivity index (χ4n) is 1.98. The number of hydrogen-bond acceptors (Lipinski definition) is 3. The zero-order valence-corrected chi connectivity index (χ0v) is 10.4. The van der Waals surface area contributed by atoms with Gasteiger partial charge in [0.1, 0.15) is 5.69 Å². The van der Waals surface area contributed by atoms with Gasteiger partial charge in [-0.15, -0.1) is 0 Å². The van der Waals surface area contributed by atoms with Gasteiger partial charge in [-0.2, -0.15) is 0 Å². The molecule has 0 amide bonds. The number of benzene rings is 1. The summed E-state index contributed by atoms with van der Waals surface area (Å²) < 4.78 is 2.08. The Labute approximate surface area is 111 Å². The summed E-state index contributed by atoms with van der Waals surface area (Å²) in [5.41, 5.74) is 8.53. The molecule has 0 radical (unpaired) electrons. The minimum absolute atomic E-state index is 0.756. The maximum atomic E-state index is 5.69. The molecule has 2 N–H and O–H groups in total. The molecule has 0 atom stereocenters. The van der Waals surface area contributed by atoms with Crippen LogP contribution in [0, 0.1) is 0 Å². The van der Waals surface area contributed by atoms with Crippen molar-refractivity contribution < 1.29 is 0 Å². The molecule has 3 aromatic rings. The summed E-state index contributed by atoms with van der Waals surface area (Å²) in [6.07, 6.45) is 5.53. The number of hydrogen-bond donors (Lipinski definition) is 1. The van der Waals surface area contributed by atoms with Gasteiger partial charge in [-0.25, -0.2) is 4.98 Å². The van der Waals surface area contributed by atoms with Crippen molar-refractivity contribution in [2.45, 2.75) is 6.54 Å². The predicted molar refractivity (Wildman–Crippen MR) is 75.4 cm³/mol. The average molecular weight is 250 g/mol. The van der Waals surface area contributed by atoms with Crippen LogP contribution in [0.3, 0.4) is 0 Å². The Morgan fingerprint density at radius 3 is 2.53 bits per heavy atom. The van der Waals surface area contributed by atoms with Crippen molar-refractivity contribution >= 4 is 5.69 Å². The first-order chi connectivity index (χ1) is 9.33. The number of nitrogen functional groups attached to an aromatic ring is 1. The second-order valence-corrected chi connectivity index (χ2v) is 4.34. The van der Waals surface area contributed by atoms with Crippen molar-refractivity contribution in [3.63, 3.8) is 0 Å². The second-order valence-electron chi connectivity index (χ2n) is 4.34. The van der Waals surface area contributed by atoms with E-state index in [0.717, 1.165) is 23.8 Å². The standard InChI is InChI=1S/C15H14N4/c16-13-6-4-12(5-7-13)11-19-10-9-18-15(19)14-3-1-2-8-17-14/h1-10H,11,16H2. The normalized spacial score (nSPS) is 10.5. The molecule has 0 bridgehead atoms. The number of nitrogens with two attached hydrogens (primary N) is 1. The second kappa shape index (κ2) is 4.94. The fourth-order valence-corrected chi connectivity index (χ4v) is 1.98. The van der Waals surface area contributed by atoms with Crippen LogP contribution in [0.25, 0.3) is 11.5 Å². The van der Waals surface area contributed by atoms with Crippen molar-refractivity contribution in [2.75, 3.05) is 5.73 Å². The van der Waals surface area contributed by atoms with E-state index < -0.39 is 0 Å². The smallest absolute Gasteiger partial charge is 0.158 e. The van der Waals surface area contributed by atoms with Crippen LogP contribution in [0.4, 0.5) is 5.69 Å². The molecule has 2 aromatic heterocycles. The van der Waals surface area contributed by atoms with Gasteiger partial charge in [0, 0.05) is 30.8 Å². The number of aromatic nitrogens is 3. The van der Waals surface area contributed by atoms with Gasteiger partial charge in [-0.05, 0) is 29.8 Å². The van der Waals surface area contributed by atoms with E-state index in [0.29, 0.717) is 0 Å². The molecule has 4 nitrogen and oxygen atoms in total. The number of rotatable bonds is 3. The number of nitrogens with zero attached hydrogens (tertiary/aromatic N) is 3. The highest BCUT2D eigenvalue weighted by Gasteiger charge is 2.06. The van der Waals surface area contributed by atoms with Crippen molar-refractivity contribution in [2.24, 2.45) is 0 Å². The molecule has 4 heteroatoms. The van der Waals surface area contributed by atoms with E-state index in [9.17, 15) is 0 Å². The Kier molecular flexibility index (Phi) is 2.98. The molecule has 1 aromatic carbocycles. The van der Waals surface area contributed by atoms with E-state index in [1.54, 1.807) is 12.4 Å². The van der Waals surface area contributed by atoms with E-state index in [1.165, 1.54) is 5.56 Å². The Morgan fingerprint density at radius 1 is 0.947 bits per heavy atom. The maximum absolute atomic E-state index is 5.69. The van der Waals surface area contributed by atoms with Gasteiger partial charge in [-0.3, -0.25) is 4.98 Å². The molecular weight excluding hydrogens is 236 g/mol. The molecular formula is C15H14N4. The lowest BCUT2D eigenvalue weighted by molar-refractivity contribution is 0.804. The number of anilines is 1. The third-order valence-corrected chi connectivity index (χ3v) is 2.94. The molecule has 0 aliphatic heterocycles. The third kappa shape index (κ3) is 2.47. The highest BCUT2D eigenvalue weighted by molar-refractivity contribution is 5.49. The van der Waals surface area contributed by atoms with E-state index in [-0.39, 0.29) is 0 Å². The molecule has 0 unspecified atom stereocenters. The van der Waals surface area contributed by atoms with Crippen LogP contribution in [0.2, 0.25) is 0 Å². The zero-order valence-electron chi connectivity index (χ0n) is 10.4. The van der Waals surface area contributed by atoms with E-state index in [4.69, 9.17) is 5.73 Å². The summed E-state index contributed by atoms with van der Waals surface area (Å²) in [7, 11) is 0. The molecule has 0 aliphatic rings. The van der Waals surface area contributed by atoms with Crippen LogP contribution in [0.5, 0.6) is 0 Å². The Balaban J connectivity index is 1.91. The highest BCUT2D eigenvalue weighted by atomic mass is 15.1. The summed E-state index contributed by atoms with van der Waals surface area (Å²) in [5, 5.41) is 0. The molecule has 3 rings (SSSR count). The summed E-state index contributed by atoms with van der Waals surface area (Å²) in [6, 6.07) is 13.7. The lowest BCUT2D eigenvalue weighted by Crippen LogP contribution is -2.02. The molecule has 0 fully saturated rings. The number of imidazole rings is 1. The topological polar surface area (TPSA) is 56.7 Å². The van der Waals surface area contributed by atoms with Crippen LogP contribution in [-0.4, -0.2) is 14.5 Å². The molecule has 0 saturated carbocycles. The Hall–Kier alpha value is -2.62. The highest BCUT2D eigenvalue weighted by Crippen LogP contribution is 2.16. The van der Waals surface area contributed by atoms with Gasteiger partial charge in [0.15, 0.2) is 5.82 Å². The summed E-state index contributed by atoms with van der Waals surface area (Å²) in [6.45, 7) is 0.756.